The van der Waals surface area contributed by atoms with Gasteiger partial charge in [0.25, 0.3) is 5.91 Å². The number of aryl methyl sites for hydroxylation is 1. The van der Waals surface area contributed by atoms with Gasteiger partial charge in [0.05, 0.1) is 0 Å². The average Bonchev–Trinajstić information content (AvgIpc) is 3.48. The number of anilines is 1. The molecule has 0 spiro atoms. The van der Waals surface area contributed by atoms with E-state index in [1.807, 2.05) is 60.7 Å². The fraction of sp³-hybridized carbons (Fsp3) is 0.273. The molecule has 1 fully saturated rings. The van der Waals surface area contributed by atoms with Crippen LogP contribution in [0.4, 0.5) is 10.1 Å². The quantitative estimate of drug-likeness (QED) is 0.256. The molecule has 3 aromatic carbocycles. The van der Waals surface area contributed by atoms with Gasteiger partial charge in [0.1, 0.15) is 17.6 Å². The summed E-state index contributed by atoms with van der Waals surface area (Å²) in [6.45, 7) is 2.07. The van der Waals surface area contributed by atoms with Crippen LogP contribution >= 0.6 is 0 Å². The number of carbonyl (C=O) groups is 2. The fourth-order valence-corrected chi connectivity index (χ4v) is 5.30. The molecule has 2 amide bonds. The molecule has 1 saturated carbocycles. The second kappa shape index (κ2) is 12.1. The van der Waals surface area contributed by atoms with Crippen LogP contribution in [-0.2, 0) is 11.2 Å². The molecule has 0 unspecified atom stereocenters. The largest absolute Gasteiger partial charge is 0.351 e. The molecule has 0 bridgehead atoms. The standard InChI is InChI=1S/C33H34FN3O2/c1-2-23-13-19-28(20-14-23)37(33(39)30-22-21-29(36-30)24-9-5-3-6-10-24)31(25-15-17-26(34)18-16-25)32(38)35-27-11-7-4-8-12-27/h3,5-6,9-10,13-22,27,31,36H,2,4,7-8,11-12H2,1H3,(H,35,38)/t31-/m0/s1. The minimum atomic E-state index is -0.976. The summed E-state index contributed by atoms with van der Waals surface area (Å²) in [7, 11) is 0. The Balaban J connectivity index is 1.57. The minimum absolute atomic E-state index is 0.0591. The zero-order valence-corrected chi connectivity index (χ0v) is 22.2. The number of H-pyrrole nitrogens is 1. The highest BCUT2D eigenvalue weighted by molar-refractivity contribution is 6.09. The zero-order chi connectivity index (χ0) is 27.2. The van der Waals surface area contributed by atoms with Crippen LogP contribution in [0, 0.1) is 5.82 Å². The third kappa shape index (κ3) is 6.11. The van der Waals surface area contributed by atoms with Crippen LogP contribution in [0.15, 0.2) is 91.0 Å². The van der Waals surface area contributed by atoms with E-state index in [-0.39, 0.29) is 17.9 Å². The maximum Gasteiger partial charge on any atom is 0.275 e. The van der Waals surface area contributed by atoms with Crippen molar-refractivity contribution in [3.05, 3.63) is 114 Å². The molecule has 1 heterocycles. The first-order valence-corrected chi connectivity index (χ1v) is 13.8. The van der Waals surface area contributed by atoms with E-state index >= 15 is 0 Å². The smallest absolute Gasteiger partial charge is 0.275 e. The van der Waals surface area contributed by atoms with Crippen molar-refractivity contribution in [2.45, 2.75) is 57.5 Å². The third-order valence-corrected chi connectivity index (χ3v) is 7.49. The van der Waals surface area contributed by atoms with Crippen molar-refractivity contribution < 1.29 is 14.0 Å². The molecule has 1 aliphatic rings. The summed E-state index contributed by atoms with van der Waals surface area (Å²) in [6.07, 6.45) is 5.99. The second-order valence-corrected chi connectivity index (χ2v) is 10.1. The summed E-state index contributed by atoms with van der Waals surface area (Å²) in [5.74, 6) is -1.00. The molecule has 6 heteroatoms. The Morgan fingerprint density at radius 1 is 0.897 bits per heavy atom. The number of halogens is 1. The molecule has 1 aliphatic carbocycles. The lowest BCUT2D eigenvalue weighted by Crippen LogP contribution is -2.47. The molecule has 5 rings (SSSR count). The molecule has 200 valence electrons. The number of benzene rings is 3. The monoisotopic (exact) mass is 523 g/mol. The van der Waals surface area contributed by atoms with Gasteiger partial charge in [0.15, 0.2) is 0 Å². The maximum absolute atomic E-state index is 14.3. The van der Waals surface area contributed by atoms with Crippen LogP contribution in [0.25, 0.3) is 11.3 Å². The Kier molecular flexibility index (Phi) is 8.21. The van der Waals surface area contributed by atoms with E-state index in [4.69, 9.17) is 0 Å². The van der Waals surface area contributed by atoms with Crippen molar-refractivity contribution in [3.63, 3.8) is 0 Å². The summed E-state index contributed by atoms with van der Waals surface area (Å²) in [5.41, 5.74) is 4.41. The minimum Gasteiger partial charge on any atom is -0.351 e. The molecule has 1 atom stereocenters. The Morgan fingerprint density at radius 3 is 2.26 bits per heavy atom. The first-order valence-electron chi connectivity index (χ1n) is 13.8. The predicted octanol–water partition coefficient (Wildman–Crippen LogP) is 7.22. The maximum atomic E-state index is 14.3. The first kappa shape index (κ1) is 26.4. The molecule has 0 aliphatic heterocycles. The Bertz CT molecular complexity index is 1390. The summed E-state index contributed by atoms with van der Waals surface area (Å²) in [6, 6.07) is 26.0. The zero-order valence-electron chi connectivity index (χ0n) is 22.2. The van der Waals surface area contributed by atoms with E-state index in [9.17, 15) is 14.0 Å². The highest BCUT2D eigenvalue weighted by atomic mass is 19.1. The lowest BCUT2D eigenvalue weighted by molar-refractivity contribution is -0.123. The summed E-state index contributed by atoms with van der Waals surface area (Å²) < 4.78 is 13.9. The van der Waals surface area contributed by atoms with Gasteiger partial charge < -0.3 is 10.3 Å². The van der Waals surface area contributed by atoms with Crippen molar-refractivity contribution in [2.75, 3.05) is 4.90 Å². The fourth-order valence-electron chi connectivity index (χ4n) is 5.30. The van der Waals surface area contributed by atoms with Crippen molar-refractivity contribution in [1.29, 1.82) is 0 Å². The van der Waals surface area contributed by atoms with Crippen molar-refractivity contribution in [1.82, 2.24) is 10.3 Å². The molecule has 1 aromatic heterocycles. The van der Waals surface area contributed by atoms with Gasteiger partial charge in [-0.05, 0) is 72.4 Å². The second-order valence-electron chi connectivity index (χ2n) is 10.1. The normalized spacial score (nSPS) is 14.5. The van der Waals surface area contributed by atoms with Crippen LogP contribution < -0.4 is 10.2 Å². The Labute approximate surface area is 229 Å². The van der Waals surface area contributed by atoms with E-state index in [1.54, 1.807) is 18.2 Å². The number of aromatic nitrogens is 1. The predicted molar refractivity (Wildman–Crippen MR) is 153 cm³/mol. The number of carbonyl (C=O) groups excluding carboxylic acids is 2. The lowest BCUT2D eigenvalue weighted by Gasteiger charge is -2.33. The highest BCUT2D eigenvalue weighted by Crippen LogP contribution is 2.32. The number of nitrogens with zero attached hydrogens (tertiary/aromatic N) is 1. The number of hydrogen-bond acceptors (Lipinski definition) is 2. The molecule has 0 saturated heterocycles. The van der Waals surface area contributed by atoms with E-state index in [2.05, 4.69) is 17.2 Å². The Morgan fingerprint density at radius 2 is 1.59 bits per heavy atom. The van der Waals surface area contributed by atoms with Gasteiger partial charge in [0.2, 0.25) is 5.91 Å². The van der Waals surface area contributed by atoms with Crippen molar-refractivity contribution in [2.24, 2.45) is 0 Å². The third-order valence-electron chi connectivity index (χ3n) is 7.49. The number of hydrogen-bond donors (Lipinski definition) is 2. The molecule has 2 N–H and O–H groups in total. The molecule has 39 heavy (non-hydrogen) atoms. The van der Waals surface area contributed by atoms with Crippen LogP contribution in [-0.4, -0.2) is 22.8 Å². The summed E-state index contributed by atoms with van der Waals surface area (Å²) in [5, 5.41) is 3.21. The van der Waals surface area contributed by atoms with Crippen molar-refractivity contribution in [3.8, 4) is 11.3 Å². The molecule has 5 nitrogen and oxygen atoms in total. The van der Waals surface area contributed by atoms with E-state index < -0.39 is 11.9 Å². The van der Waals surface area contributed by atoms with Crippen molar-refractivity contribution >= 4 is 17.5 Å². The Hall–Kier alpha value is -4.19. The van der Waals surface area contributed by atoms with Crippen LogP contribution in [0.3, 0.4) is 0 Å². The lowest BCUT2D eigenvalue weighted by atomic mass is 9.94. The van der Waals surface area contributed by atoms with E-state index in [1.165, 1.54) is 23.5 Å². The average molecular weight is 524 g/mol. The number of rotatable bonds is 8. The number of aromatic amines is 1. The van der Waals surface area contributed by atoms with E-state index in [0.29, 0.717) is 16.9 Å². The molecular formula is C33H34FN3O2. The number of amides is 2. The van der Waals surface area contributed by atoms with Crippen LogP contribution in [0.2, 0.25) is 0 Å². The van der Waals surface area contributed by atoms with Gasteiger partial charge in [-0.25, -0.2) is 4.39 Å². The molecular weight excluding hydrogens is 489 g/mol. The van der Waals surface area contributed by atoms with Gasteiger partial charge >= 0.3 is 0 Å². The molecule has 4 aromatic rings. The first-order chi connectivity index (χ1) is 19.0. The van der Waals surface area contributed by atoms with Gasteiger partial charge in [-0.15, -0.1) is 0 Å². The highest BCUT2D eigenvalue weighted by Gasteiger charge is 2.35. The van der Waals surface area contributed by atoms with Crippen LogP contribution in [0.5, 0.6) is 0 Å². The van der Waals surface area contributed by atoms with Crippen LogP contribution in [0.1, 0.15) is 66.7 Å². The van der Waals surface area contributed by atoms with Gasteiger partial charge in [-0.3, -0.25) is 14.5 Å². The molecule has 0 radical (unpaired) electrons. The summed E-state index contributed by atoms with van der Waals surface area (Å²) in [4.78, 5) is 33.0. The SMILES string of the molecule is CCc1ccc(N(C(=O)c2ccc(-c3ccccc3)[nH]2)[C@H](C(=O)NC2CCCCC2)c2ccc(F)cc2)cc1. The van der Waals surface area contributed by atoms with Gasteiger partial charge in [0, 0.05) is 17.4 Å². The van der Waals surface area contributed by atoms with E-state index in [0.717, 1.165) is 48.9 Å². The summed E-state index contributed by atoms with van der Waals surface area (Å²) >= 11 is 0. The number of nitrogens with one attached hydrogen (secondary N) is 2. The van der Waals surface area contributed by atoms with Gasteiger partial charge in [-0.1, -0.05) is 80.8 Å². The topological polar surface area (TPSA) is 65.2 Å². The van der Waals surface area contributed by atoms with Gasteiger partial charge in [-0.2, -0.15) is 0 Å².